The monoisotopic (exact) mass is 395 g/mol. The highest BCUT2D eigenvalue weighted by atomic mass is 16.5. The van der Waals surface area contributed by atoms with Crippen molar-refractivity contribution in [1.29, 1.82) is 5.26 Å². The largest absolute Gasteiger partial charge is 0.459 e. The lowest BCUT2D eigenvalue weighted by Gasteiger charge is -2.15. The van der Waals surface area contributed by atoms with Crippen LogP contribution in [0.1, 0.15) is 37.2 Å². The van der Waals surface area contributed by atoms with Crippen LogP contribution in [0, 0.1) is 18.3 Å². The molecule has 1 aliphatic heterocycles. The molecule has 0 bridgehead atoms. The number of nitrogens with one attached hydrogen (secondary N) is 1. The van der Waals surface area contributed by atoms with E-state index in [0.29, 0.717) is 17.0 Å². The summed E-state index contributed by atoms with van der Waals surface area (Å²) in [6.07, 6.45) is -0.143. The van der Waals surface area contributed by atoms with Gasteiger partial charge in [-0.3, -0.25) is 14.5 Å². The number of esters is 1. The zero-order valence-corrected chi connectivity index (χ0v) is 16.4. The highest BCUT2D eigenvalue weighted by Gasteiger charge is 2.44. The Hall–Kier alpha value is -3.67. The molecule has 9 nitrogen and oxygen atoms in total. The third-order valence-electron chi connectivity index (χ3n) is 4.62. The lowest BCUT2D eigenvalue weighted by molar-refractivity contribution is -0.145. The van der Waals surface area contributed by atoms with Gasteiger partial charge in [0.25, 0.3) is 5.91 Å². The zero-order chi connectivity index (χ0) is 21.2. The molecule has 0 aliphatic carbocycles. The van der Waals surface area contributed by atoms with Crippen LogP contribution >= 0.6 is 0 Å². The highest BCUT2D eigenvalue weighted by Crippen LogP contribution is 2.20. The Morgan fingerprint density at radius 1 is 1.28 bits per heavy atom. The third kappa shape index (κ3) is 3.96. The molecular weight excluding hydrogens is 374 g/mol. The van der Waals surface area contributed by atoms with Crippen molar-refractivity contribution in [2.24, 2.45) is 0 Å². The number of ether oxygens (including phenoxy) is 1. The molecular formula is C20H21N5O4. The number of benzene rings is 1. The van der Waals surface area contributed by atoms with Crippen LogP contribution in [0.15, 0.2) is 30.3 Å². The number of aryl methyl sites for hydroxylation is 1. The Morgan fingerprint density at radius 3 is 2.55 bits per heavy atom. The van der Waals surface area contributed by atoms with Crippen LogP contribution in [0.3, 0.4) is 0 Å². The molecule has 3 amide bonds. The Morgan fingerprint density at radius 2 is 1.97 bits per heavy atom. The number of rotatable bonds is 6. The molecule has 9 heteroatoms. The molecule has 29 heavy (non-hydrogen) atoms. The van der Waals surface area contributed by atoms with Gasteiger partial charge in [0.1, 0.15) is 23.8 Å². The fraction of sp³-hybridized carbons (Fsp3) is 0.350. The molecule has 0 atom stereocenters. The molecule has 0 unspecified atom stereocenters. The average molecular weight is 395 g/mol. The summed E-state index contributed by atoms with van der Waals surface area (Å²) in [5.41, 5.74) is 1.09. The molecule has 2 heterocycles. The predicted molar refractivity (Wildman–Crippen MR) is 102 cm³/mol. The molecule has 0 spiro atoms. The average Bonchev–Trinajstić information content (AvgIpc) is 3.11. The van der Waals surface area contributed by atoms with Crippen molar-refractivity contribution in [2.45, 2.75) is 39.3 Å². The Labute approximate surface area is 167 Å². The van der Waals surface area contributed by atoms with E-state index in [1.54, 1.807) is 25.5 Å². The number of amides is 3. The first-order valence-corrected chi connectivity index (χ1v) is 9.08. The Bertz CT molecular complexity index is 1000. The second kappa shape index (κ2) is 7.75. The smallest absolute Gasteiger partial charge is 0.325 e. The summed E-state index contributed by atoms with van der Waals surface area (Å²) in [4.78, 5) is 37.2. The molecule has 2 aromatic rings. The number of imide groups is 1. The summed E-state index contributed by atoms with van der Waals surface area (Å²) >= 11 is 0. The first-order valence-electron chi connectivity index (χ1n) is 9.08. The molecule has 0 saturated carbocycles. The van der Waals surface area contributed by atoms with Crippen molar-refractivity contribution in [3.63, 3.8) is 0 Å². The van der Waals surface area contributed by atoms with E-state index in [1.807, 2.05) is 30.3 Å². The van der Waals surface area contributed by atoms with Crippen molar-refractivity contribution in [3.05, 3.63) is 47.3 Å². The number of aromatic nitrogens is 2. The molecule has 1 aromatic carbocycles. The van der Waals surface area contributed by atoms with Gasteiger partial charge in [0.2, 0.25) is 0 Å². The summed E-state index contributed by atoms with van der Waals surface area (Å²) in [7, 11) is 0. The van der Waals surface area contributed by atoms with E-state index in [9.17, 15) is 19.6 Å². The number of carbonyl (C=O) groups excluding carboxylic acids is 3. The van der Waals surface area contributed by atoms with E-state index in [1.165, 1.54) is 0 Å². The van der Waals surface area contributed by atoms with Gasteiger partial charge < -0.3 is 10.1 Å². The number of hydrogen-bond donors (Lipinski definition) is 1. The van der Waals surface area contributed by atoms with Crippen molar-refractivity contribution in [2.75, 3.05) is 6.54 Å². The number of nitriles is 1. The quantitative estimate of drug-likeness (QED) is 0.589. The predicted octanol–water partition coefficient (Wildman–Crippen LogP) is 1.82. The first kappa shape index (κ1) is 20.1. The van der Waals surface area contributed by atoms with Gasteiger partial charge in [-0.05, 0) is 32.9 Å². The van der Waals surface area contributed by atoms with E-state index in [0.717, 1.165) is 10.6 Å². The molecule has 1 aromatic heterocycles. The van der Waals surface area contributed by atoms with Gasteiger partial charge >= 0.3 is 12.0 Å². The molecule has 0 radical (unpaired) electrons. The summed E-state index contributed by atoms with van der Waals surface area (Å²) in [5.74, 6) is -0.975. The van der Waals surface area contributed by atoms with Crippen LogP contribution in [0.5, 0.6) is 0 Å². The van der Waals surface area contributed by atoms with Gasteiger partial charge in [-0.15, -0.1) is 0 Å². The minimum absolute atomic E-state index is 0.0744. The topological polar surface area (TPSA) is 117 Å². The second-order valence-electron chi connectivity index (χ2n) is 7.19. The van der Waals surface area contributed by atoms with Crippen LogP contribution < -0.4 is 5.32 Å². The molecule has 1 aliphatic rings. The number of urea groups is 1. The molecule has 1 fully saturated rings. The lowest BCUT2D eigenvalue weighted by atomic mass is 10.1. The molecule has 150 valence electrons. The van der Waals surface area contributed by atoms with Crippen LogP contribution in [0.4, 0.5) is 4.79 Å². The summed E-state index contributed by atoms with van der Waals surface area (Å²) in [6, 6.07) is 10.8. The zero-order valence-electron chi connectivity index (χ0n) is 16.4. The van der Waals surface area contributed by atoms with Crippen molar-refractivity contribution >= 4 is 17.9 Å². The Kier molecular flexibility index (Phi) is 5.37. The first-order chi connectivity index (χ1) is 13.7. The van der Waals surface area contributed by atoms with Crippen LogP contribution in [-0.4, -0.2) is 44.7 Å². The van der Waals surface area contributed by atoms with Gasteiger partial charge in [-0.1, -0.05) is 18.2 Å². The van der Waals surface area contributed by atoms with Crippen molar-refractivity contribution in [3.8, 4) is 11.8 Å². The molecule has 3 rings (SSSR count). The van der Waals surface area contributed by atoms with Gasteiger partial charge in [0.15, 0.2) is 0 Å². The standard InChI is InChI=1S/C20H21N5O4/c1-13-15(11-21)16(25(23-13)14-7-5-4-6-8-14)12-29-17(26)9-10-24-18(27)20(2,3)22-19(24)28/h4-8H,9-10,12H2,1-3H3,(H,22,28). The van der Waals surface area contributed by atoms with Gasteiger partial charge in [0.05, 0.1) is 23.5 Å². The van der Waals surface area contributed by atoms with E-state index in [2.05, 4.69) is 16.5 Å². The maximum absolute atomic E-state index is 12.2. The number of carbonyl (C=O) groups is 3. The summed E-state index contributed by atoms with van der Waals surface area (Å²) in [5, 5.41) is 16.4. The van der Waals surface area contributed by atoms with E-state index < -0.39 is 17.5 Å². The third-order valence-corrected chi connectivity index (χ3v) is 4.62. The van der Waals surface area contributed by atoms with E-state index >= 15 is 0 Å². The van der Waals surface area contributed by atoms with Crippen LogP contribution in [0.2, 0.25) is 0 Å². The van der Waals surface area contributed by atoms with Crippen LogP contribution in [0.25, 0.3) is 5.69 Å². The molecule has 1 N–H and O–H groups in total. The molecule has 1 saturated heterocycles. The summed E-state index contributed by atoms with van der Waals surface area (Å²) in [6.45, 7) is 4.69. The lowest BCUT2D eigenvalue weighted by Crippen LogP contribution is -2.40. The number of hydrogen-bond acceptors (Lipinski definition) is 6. The van der Waals surface area contributed by atoms with Crippen LogP contribution in [-0.2, 0) is 20.9 Å². The van der Waals surface area contributed by atoms with Crippen molar-refractivity contribution in [1.82, 2.24) is 20.0 Å². The SMILES string of the molecule is Cc1nn(-c2ccccc2)c(COC(=O)CCN2C(=O)NC(C)(C)C2=O)c1C#N. The van der Waals surface area contributed by atoms with Gasteiger partial charge in [-0.2, -0.15) is 10.4 Å². The van der Waals surface area contributed by atoms with E-state index in [4.69, 9.17) is 4.74 Å². The Balaban J connectivity index is 1.67. The fourth-order valence-corrected chi connectivity index (χ4v) is 3.08. The highest BCUT2D eigenvalue weighted by molar-refractivity contribution is 6.06. The normalized spacial score (nSPS) is 15.2. The maximum atomic E-state index is 12.2. The maximum Gasteiger partial charge on any atom is 0.325 e. The summed E-state index contributed by atoms with van der Waals surface area (Å²) < 4.78 is 6.88. The minimum Gasteiger partial charge on any atom is -0.459 e. The fourth-order valence-electron chi connectivity index (χ4n) is 3.08. The van der Waals surface area contributed by atoms with Gasteiger partial charge in [-0.25, -0.2) is 9.48 Å². The van der Waals surface area contributed by atoms with E-state index in [-0.39, 0.29) is 25.5 Å². The van der Waals surface area contributed by atoms with Gasteiger partial charge in [0, 0.05) is 6.54 Å². The number of para-hydroxylation sites is 1. The second-order valence-corrected chi connectivity index (χ2v) is 7.19. The van der Waals surface area contributed by atoms with Crippen molar-refractivity contribution < 1.29 is 19.1 Å². The minimum atomic E-state index is -0.984. The number of nitrogens with zero attached hydrogens (tertiary/aromatic N) is 4.